The Balaban J connectivity index is 2.75. The molecule has 0 radical (unpaired) electrons. The fraction of sp³-hybridized carbons (Fsp3) is 0.200. The number of nitrogen functional groups attached to an aromatic ring is 1. The van der Waals surface area contributed by atoms with Crippen molar-refractivity contribution in [2.45, 2.75) is 13.3 Å². The lowest BCUT2D eigenvalue weighted by Gasteiger charge is -1.95. The van der Waals surface area contributed by atoms with Crippen molar-refractivity contribution in [1.29, 1.82) is 0 Å². The molecule has 0 amide bonds. The Morgan fingerprint density at radius 1 is 1.38 bits per heavy atom. The number of nitrogens with two attached hydrogens (primary N) is 1. The van der Waals surface area contributed by atoms with Crippen molar-refractivity contribution in [3.63, 3.8) is 0 Å². The van der Waals surface area contributed by atoms with Gasteiger partial charge in [0.1, 0.15) is 0 Å². The molecule has 0 unspecified atom stereocenters. The van der Waals surface area contributed by atoms with Gasteiger partial charge < -0.3 is 5.73 Å². The van der Waals surface area contributed by atoms with Gasteiger partial charge in [-0.1, -0.05) is 6.92 Å². The quantitative estimate of drug-likeness (QED) is 0.771. The van der Waals surface area contributed by atoms with Gasteiger partial charge in [-0.3, -0.25) is 0 Å². The molecule has 1 nitrogen and oxygen atoms in total. The number of halogens is 1. The zero-order valence-electron chi connectivity index (χ0n) is 7.30. The molecule has 0 fully saturated rings. The predicted octanol–water partition coefficient (Wildman–Crippen LogP) is 3.81. The third kappa shape index (κ3) is 1.58. The molecule has 1 heterocycles. The third-order valence-electron chi connectivity index (χ3n) is 1.99. The highest BCUT2D eigenvalue weighted by atomic mass is 79.9. The van der Waals surface area contributed by atoms with Gasteiger partial charge in [-0.05, 0) is 45.9 Å². The summed E-state index contributed by atoms with van der Waals surface area (Å²) in [5, 5.41) is 1.24. The first-order valence-corrected chi connectivity index (χ1v) is 5.79. The minimum atomic E-state index is 0.819. The Morgan fingerprint density at radius 2 is 2.15 bits per heavy atom. The Labute approximate surface area is 89.7 Å². The van der Waals surface area contributed by atoms with Crippen LogP contribution in [0.4, 0.5) is 5.69 Å². The van der Waals surface area contributed by atoms with Crippen LogP contribution in [0.5, 0.6) is 0 Å². The number of hydrogen-bond acceptors (Lipinski definition) is 2. The van der Waals surface area contributed by atoms with E-state index in [1.54, 1.807) is 0 Å². The molecule has 2 rings (SSSR count). The van der Waals surface area contributed by atoms with Gasteiger partial charge in [-0.15, -0.1) is 11.3 Å². The smallest absolute Gasteiger partial charge is 0.0489 e. The number of hydrogen-bond donors (Lipinski definition) is 1. The SMILES string of the molecule is CCc1cc2cc(N)cc(Br)c2s1. The highest BCUT2D eigenvalue weighted by Crippen LogP contribution is 2.34. The van der Waals surface area contributed by atoms with Crippen molar-refractivity contribution >= 4 is 43.0 Å². The number of rotatable bonds is 1. The highest BCUT2D eigenvalue weighted by molar-refractivity contribution is 9.10. The van der Waals surface area contributed by atoms with Crippen molar-refractivity contribution in [2.24, 2.45) is 0 Å². The second-order valence-electron chi connectivity index (χ2n) is 2.99. The second-order valence-corrected chi connectivity index (χ2v) is 4.98. The van der Waals surface area contributed by atoms with E-state index in [2.05, 4.69) is 28.9 Å². The van der Waals surface area contributed by atoms with Crippen LogP contribution in [0.15, 0.2) is 22.7 Å². The Hall–Kier alpha value is -0.540. The summed E-state index contributed by atoms with van der Waals surface area (Å²) in [4.78, 5) is 1.40. The van der Waals surface area contributed by atoms with E-state index in [1.165, 1.54) is 15.0 Å². The van der Waals surface area contributed by atoms with Gasteiger partial charge in [0, 0.05) is 19.7 Å². The van der Waals surface area contributed by atoms with Crippen LogP contribution < -0.4 is 5.73 Å². The summed E-state index contributed by atoms with van der Waals surface area (Å²) in [6, 6.07) is 6.19. The van der Waals surface area contributed by atoms with Crippen LogP contribution in [0.3, 0.4) is 0 Å². The molecule has 0 aliphatic heterocycles. The minimum absolute atomic E-state index is 0.819. The van der Waals surface area contributed by atoms with E-state index in [1.807, 2.05) is 23.5 Å². The molecule has 0 saturated carbocycles. The average Bonchev–Trinajstić information content (AvgIpc) is 2.47. The molecule has 0 spiro atoms. The molecule has 68 valence electrons. The maximum Gasteiger partial charge on any atom is 0.0489 e. The standard InChI is InChI=1S/C10H10BrNS/c1-2-8-4-6-3-7(12)5-9(11)10(6)13-8/h3-5H,2,12H2,1H3. The maximum absolute atomic E-state index is 5.75. The van der Waals surface area contributed by atoms with Crippen LogP contribution >= 0.6 is 27.3 Å². The first kappa shape index (κ1) is 9.03. The maximum atomic E-state index is 5.75. The normalized spacial score (nSPS) is 10.9. The summed E-state index contributed by atoms with van der Waals surface area (Å²) in [6.45, 7) is 2.17. The summed E-state index contributed by atoms with van der Waals surface area (Å²) in [5.74, 6) is 0. The summed E-state index contributed by atoms with van der Waals surface area (Å²) >= 11 is 5.35. The molecule has 2 aromatic rings. The molecule has 1 aromatic heterocycles. The van der Waals surface area contributed by atoms with Gasteiger partial charge in [-0.25, -0.2) is 0 Å². The monoisotopic (exact) mass is 255 g/mol. The molecule has 0 saturated heterocycles. The molecule has 0 aliphatic rings. The first-order valence-electron chi connectivity index (χ1n) is 4.18. The van der Waals surface area contributed by atoms with E-state index in [0.29, 0.717) is 0 Å². The van der Waals surface area contributed by atoms with Gasteiger partial charge in [-0.2, -0.15) is 0 Å². The van der Waals surface area contributed by atoms with Gasteiger partial charge in [0.2, 0.25) is 0 Å². The molecular formula is C10H10BrNS. The fourth-order valence-electron chi connectivity index (χ4n) is 1.36. The number of aryl methyl sites for hydroxylation is 1. The van der Waals surface area contributed by atoms with Crippen molar-refractivity contribution in [3.05, 3.63) is 27.5 Å². The molecule has 1 aromatic carbocycles. The van der Waals surface area contributed by atoms with Crippen molar-refractivity contribution < 1.29 is 0 Å². The van der Waals surface area contributed by atoms with E-state index in [9.17, 15) is 0 Å². The van der Waals surface area contributed by atoms with Gasteiger partial charge in [0.25, 0.3) is 0 Å². The number of anilines is 1. The molecule has 0 bridgehead atoms. The first-order chi connectivity index (χ1) is 6.20. The predicted molar refractivity (Wildman–Crippen MR) is 63.3 cm³/mol. The van der Waals surface area contributed by atoms with Crippen LogP contribution in [-0.4, -0.2) is 0 Å². The van der Waals surface area contributed by atoms with E-state index in [0.717, 1.165) is 16.6 Å². The molecule has 0 aliphatic carbocycles. The Bertz CT molecular complexity index is 447. The zero-order valence-corrected chi connectivity index (χ0v) is 9.71. The zero-order chi connectivity index (χ0) is 9.42. The number of fused-ring (bicyclic) bond motifs is 1. The molecule has 0 atom stereocenters. The summed E-state index contributed by atoms with van der Waals surface area (Å²) < 4.78 is 2.40. The lowest BCUT2D eigenvalue weighted by Crippen LogP contribution is -1.82. The summed E-state index contributed by atoms with van der Waals surface area (Å²) in [5.41, 5.74) is 6.57. The topological polar surface area (TPSA) is 26.0 Å². The Kier molecular flexibility index (Phi) is 2.30. The van der Waals surface area contributed by atoms with Crippen molar-refractivity contribution in [3.8, 4) is 0 Å². The molecular weight excluding hydrogens is 246 g/mol. The number of thiophene rings is 1. The molecule has 2 N–H and O–H groups in total. The van der Waals surface area contributed by atoms with Crippen molar-refractivity contribution in [1.82, 2.24) is 0 Å². The van der Waals surface area contributed by atoms with Crippen LogP contribution in [0.2, 0.25) is 0 Å². The average molecular weight is 256 g/mol. The lowest BCUT2D eigenvalue weighted by atomic mass is 10.2. The molecule has 13 heavy (non-hydrogen) atoms. The lowest BCUT2D eigenvalue weighted by molar-refractivity contribution is 1.19. The molecule has 3 heteroatoms. The van der Waals surface area contributed by atoms with E-state index < -0.39 is 0 Å². The van der Waals surface area contributed by atoms with E-state index >= 15 is 0 Å². The summed E-state index contributed by atoms with van der Waals surface area (Å²) in [7, 11) is 0. The van der Waals surface area contributed by atoms with Crippen LogP contribution in [0.25, 0.3) is 10.1 Å². The van der Waals surface area contributed by atoms with Crippen LogP contribution in [0, 0.1) is 0 Å². The largest absolute Gasteiger partial charge is 0.399 e. The van der Waals surface area contributed by atoms with Crippen LogP contribution in [-0.2, 0) is 6.42 Å². The number of benzene rings is 1. The minimum Gasteiger partial charge on any atom is -0.399 e. The van der Waals surface area contributed by atoms with Gasteiger partial charge in [0.15, 0.2) is 0 Å². The second kappa shape index (κ2) is 3.31. The van der Waals surface area contributed by atoms with Gasteiger partial charge >= 0.3 is 0 Å². The van der Waals surface area contributed by atoms with E-state index in [4.69, 9.17) is 5.73 Å². The third-order valence-corrected chi connectivity index (χ3v) is 4.21. The Morgan fingerprint density at radius 3 is 2.85 bits per heavy atom. The van der Waals surface area contributed by atoms with Gasteiger partial charge in [0.05, 0.1) is 0 Å². The van der Waals surface area contributed by atoms with Crippen molar-refractivity contribution in [2.75, 3.05) is 5.73 Å². The highest BCUT2D eigenvalue weighted by Gasteiger charge is 2.04. The van der Waals surface area contributed by atoms with E-state index in [-0.39, 0.29) is 0 Å². The fourth-order valence-corrected chi connectivity index (χ4v) is 3.08. The van der Waals surface area contributed by atoms with Crippen LogP contribution in [0.1, 0.15) is 11.8 Å². The summed E-state index contributed by atoms with van der Waals surface area (Å²) in [6.07, 6.45) is 1.09.